The third-order valence-electron chi connectivity index (χ3n) is 6.32. The van der Waals surface area contributed by atoms with Crippen molar-refractivity contribution in [3.05, 3.63) is 95.6 Å². The number of nitrogens with one attached hydrogen (secondary N) is 1. The van der Waals surface area contributed by atoms with E-state index in [1.165, 1.54) is 24.3 Å². The monoisotopic (exact) mass is 464 g/mol. The number of rotatable bonds is 7. The van der Waals surface area contributed by atoms with Crippen LogP contribution in [0.5, 0.6) is 0 Å². The van der Waals surface area contributed by atoms with Crippen molar-refractivity contribution in [1.82, 2.24) is 10.2 Å². The van der Waals surface area contributed by atoms with Gasteiger partial charge in [-0.1, -0.05) is 24.3 Å². The van der Waals surface area contributed by atoms with E-state index in [4.69, 9.17) is 0 Å². The van der Waals surface area contributed by atoms with Gasteiger partial charge in [0.25, 0.3) is 5.91 Å². The lowest BCUT2D eigenvalue weighted by Gasteiger charge is -2.40. The molecule has 0 saturated carbocycles. The second-order valence-electron chi connectivity index (χ2n) is 8.69. The van der Waals surface area contributed by atoms with Crippen LogP contribution in [0.2, 0.25) is 0 Å². The first-order valence-corrected chi connectivity index (χ1v) is 11.5. The highest BCUT2D eigenvalue weighted by Crippen LogP contribution is 2.26. The molecule has 5 nitrogen and oxygen atoms in total. The third kappa shape index (κ3) is 5.54. The summed E-state index contributed by atoms with van der Waals surface area (Å²) in [5.74, 6) is -1.19. The van der Waals surface area contributed by atoms with Gasteiger partial charge >= 0.3 is 0 Å². The fraction of sp³-hybridized carbons (Fsp3) is 0.296. The predicted molar refractivity (Wildman–Crippen MR) is 132 cm³/mol. The van der Waals surface area contributed by atoms with Gasteiger partial charge in [0.2, 0.25) is 0 Å². The van der Waals surface area contributed by atoms with Gasteiger partial charge in [0, 0.05) is 58.2 Å². The first kappa shape index (κ1) is 23.7. The van der Waals surface area contributed by atoms with Crippen LogP contribution in [0.1, 0.15) is 22.0 Å². The third-order valence-corrected chi connectivity index (χ3v) is 6.32. The Morgan fingerprint density at radius 2 is 1.56 bits per heavy atom. The summed E-state index contributed by atoms with van der Waals surface area (Å²) in [6, 6.07) is 20.8. The zero-order chi connectivity index (χ0) is 24.1. The van der Waals surface area contributed by atoms with Crippen molar-refractivity contribution in [2.45, 2.75) is 6.04 Å². The highest BCUT2D eigenvalue weighted by atomic mass is 19.1. The van der Waals surface area contributed by atoms with Crippen molar-refractivity contribution < 1.29 is 13.6 Å². The number of carbonyl (C=O) groups is 1. The van der Waals surface area contributed by atoms with Gasteiger partial charge in [-0.25, -0.2) is 8.78 Å². The first-order valence-electron chi connectivity index (χ1n) is 11.5. The van der Waals surface area contributed by atoms with Gasteiger partial charge in [-0.3, -0.25) is 9.69 Å². The van der Waals surface area contributed by atoms with E-state index < -0.39 is 11.7 Å². The molecule has 0 aromatic heterocycles. The van der Waals surface area contributed by atoms with Gasteiger partial charge in [-0.15, -0.1) is 0 Å². The van der Waals surface area contributed by atoms with Crippen LogP contribution >= 0.6 is 0 Å². The molecule has 34 heavy (non-hydrogen) atoms. The first-order chi connectivity index (χ1) is 16.4. The van der Waals surface area contributed by atoms with Gasteiger partial charge in [-0.05, 0) is 54.1 Å². The largest absolute Gasteiger partial charge is 0.378 e. The Kier molecular flexibility index (Phi) is 7.43. The van der Waals surface area contributed by atoms with E-state index in [1.807, 2.05) is 19.0 Å². The Hall–Kier alpha value is -3.45. The van der Waals surface area contributed by atoms with Crippen LogP contribution in [0.4, 0.5) is 20.2 Å². The number of hydrogen-bond donors (Lipinski definition) is 1. The maximum atomic E-state index is 14.1. The van der Waals surface area contributed by atoms with Gasteiger partial charge in [-0.2, -0.15) is 0 Å². The number of halogens is 2. The SMILES string of the molecule is CN(C)c1ccc(C(CNC(=O)c2ccccc2F)N2CCN(c3ccc(F)cc3)CC2)cc1. The van der Waals surface area contributed by atoms with Crippen molar-refractivity contribution in [3.8, 4) is 0 Å². The molecule has 178 valence electrons. The average Bonchev–Trinajstić information content (AvgIpc) is 2.85. The molecule has 1 fully saturated rings. The van der Waals surface area contributed by atoms with Gasteiger partial charge < -0.3 is 15.1 Å². The minimum absolute atomic E-state index is 0.0466. The van der Waals surface area contributed by atoms with Crippen molar-refractivity contribution in [2.75, 3.05) is 56.6 Å². The second kappa shape index (κ2) is 10.7. The number of hydrogen-bond acceptors (Lipinski definition) is 4. The number of piperazine rings is 1. The molecule has 1 aliphatic heterocycles. The van der Waals surface area contributed by atoms with Crippen LogP contribution in [0, 0.1) is 11.6 Å². The molecule has 1 N–H and O–H groups in total. The molecule has 3 aromatic rings. The van der Waals surface area contributed by atoms with Crippen LogP contribution in [0.25, 0.3) is 0 Å². The van der Waals surface area contributed by atoms with Crippen molar-refractivity contribution >= 4 is 17.3 Å². The van der Waals surface area contributed by atoms with Crippen molar-refractivity contribution in [3.63, 3.8) is 0 Å². The van der Waals surface area contributed by atoms with Crippen LogP contribution in [0.3, 0.4) is 0 Å². The summed E-state index contributed by atoms with van der Waals surface area (Å²) in [7, 11) is 3.99. The van der Waals surface area contributed by atoms with E-state index in [1.54, 1.807) is 24.3 Å². The molecular weight excluding hydrogens is 434 g/mol. The average molecular weight is 465 g/mol. The van der Waals surface area contributed by atoms with Crippen LogP contribution in [-0.4, -0.2) is 57.6 Å². The topological polar surface area (TPSA) is 38.8 Å². The van der Waals surface area contributed by atoms with E-state index in [-0.39, 0.29) is 17.4 Å². The number of amides is 1. The molecule has 1 unspecified atom stereocenters. The molecule has 1 amide bonds. The number of carbonyl (C=O) groups excluding carboxylic acids is 1. The number of anilines is 2. The van der Waals surface area contributed by atoms with Crippen LogP contribution < -0.4 is 15.1 Å². The molecule has 1 saturated heterocycles. The Bertz CT molecular complexity index is 1090. The molecule has 0 aliphatic carbocycles. The summed E-state index contributed by atoms with van der Waals surface area (Å²) in [5.41, 5.74) is 3.24. The minimum Gasteiger partial charge on any atom is -0.378 e. The summed E-state index contributed by atoms with van der Waals surface area (Å²) in [6.45, 7) is 3.52. The summed E-state index contributed by atoms with van der Waals surface area (Å²) in [5, 5.41) is 2.94. The lowest BCUT2D eigenvalue weighted by Crippen LogP contribution is -2.50. The van der Waals surface area contributed by atoms with E-state index >= 15 is 0 Å². The fourth-order valence-electron chi connectivity index (χ4n) is 4.33. The highest BCUT2D eigenvalue weighted by Gasteiger charge is 2.26. The number of nitrogens with zero attached hydrogens (tertiary/aromatic N) is 3. The molecule has 1 atom stereocenters. The predicted octanol–water partition coefficient (Wildman–Crippen LogP) is 4.32. The van der Waals surface area contributed by atoms with E-state index in [9.17, 15) is 13.6 Å². The Labute approximate surface area is 199 Å². The summed E-state index contributed by atoms with van der Waals surface area (Å²) in [6.07, 6.45) is 0. The normalized spacial score (nSPS) is 15.1. The molecule has 0 radical (unpaired) electrons. The lowest BCUT2D eigenvalue weighted by molar-refractivity contribution is 0.0926. The molecule has 7 heteroatoms. The maximum Gasteiger partial charge on any atom is 0.254 e. The Balaban J connectivity index is 1.49. The Morgan fingerprint density at radius 3 is 2.18 bits per heavy atom. The molecule has 0 spiro atoms. The van der Waals surface area contributed by atoms with Crippen LogP contribution in [0.15, 0.2) is 72.8 Å². The summed E-state index contributed by atoms with van der Waals surface area (Å²) in [4.78, 5) is 19.3. The summed E-state index contributed by atoms with van der Waals surface area (Å²) >= 11 is 0. The Morgan fingerprint density at radius 1 is 0.912 bits per heavy atom. The quantitative estimate of drug-likeness (QED) is 0.565. The highest BCUT2D eigenvalue weighted by molar-refractivity contribution is 5.94. The standard InChI is InChI=1S/C27H30F2N4O/c1-31(2)22-11-7-20(8-12-22)26(19-30-27(34)24-5-3-4-6-25(24)29)33-17-15-32(16-18-33)23-13-9-21(28)10-14-23/h3-14,26H,15-19H2,1-2H3,(H,30,34). The molecule has 1 aliphatic rings. The van der Waals surface area contributed by atoms with Gasteiger partial charge in [0.1, 0.15) is 11.6 Å². The molecule has 0 bridgehead atoms. The molecule has 3 aromatic carbocycles. The molecular formula is C27H30F2N4O. The number of benzene rings is 3. The summed E-state index contributed by atoms with van der Waals surface area (Å²) < 4.78 is 27.4. The smallest absolute Gasteiger partial charge is 0.254 e. The second-order valence-corrected chi connectivity index (χ2v) is 8.69. The fourth-order valence-corrected chi connectivity index (χ4v) is 4.33. The van der Waals surface area contributed by atoms with E-state index in [0.29, 0.717) is 6.54 Å². The van der Waals surface area contributed by atoms with Crippen LogP contribution in [-0.2, 0) is 0 Å². The van der Waals surface area contributed by atoms with E-state index in [2.05, 4.69) is 39.4 Å². The minimum atomic E-state index is -0.528. The lowest BCUT2D eigenvalue weighted by atomic mass is 10.0. The maximum absolute atomic E-state index is 14.1. The van der Waals surface area contributed by atoms with Gasteiger partial charge in [0.05, 0.1) is 11.6 Å². The molecule has 1 heterocycles. The molecule has 4 rings (SSSR count). The zero-order valence-corrected chi connectivity index (χ0v) is 19.5. The van der Waals surface area contributed by atoms with Gasteiger partial charge in [0.15, 0.2) is 0 Å². The zero-order valence-electron chi connectivity index (χ0n) is 19.5. The van der Waals surface area contributed by atoms with E-state index in [0.717, 1.165) is 43.1 Å². The van der Waals surface area contributed by atoms with Crippen molar-refractivity contribution in [1.29, 1.82) is 0 Å². The van der Waals surface area contributed by atoms with Crippen molar-refractivity contribution in [2.24, 2.45) is 0 Å².